The standard InChI is InChI=1S/C33H36BrF2N3O6/c1-32(2,3)45-28(41)15-16-33(31(42)39-37-20-22-9-12-23(35)19-27(22)36)29(25-7-4-5-8-26(25)34)44-30(38-33)21-10-13-24(14-11-21)43-18-6-17-40/h4-5,7-14,19,29,37,40H,6,15-18,20H2,1-3H3,(H,39,42)/t29-,33-/m0/s1. The second-order valence-electron chi connectivity index (χ2n) is 11.4. The number of benzene rings is 3. The van der Waals surface area contributed by atoms with E-state index < -0.39 is 40.8 Å². The number of nitrogens with zero attached hydrogens (tertiary/aromatic N) is 1. The van der Waals surface area contributed by atoms with Crippen LogP contribution in [0.15, 0.2) is 76.2 Å². The van der Waals surface area contributed by atoms with E-state index in [2.05, 4.69) is 26.8 Å². The van der Waals surface area contributed by atoms with Gasteiger partial charge in [-0.1, -0.05) is 40.2 Å². The Morgan fingerprint density at radius 3 is 2.49 bits per heavy atom. The summed E-state index contributed by atoms with van der Waals surface area (Å²) in [5.41, 5.74) is 4.23. The van der Waals surface area contributed by atoms with Crippen molar-refractivity contribution in [1.29, 1.82) is 0 Å². The molecule has 3 N–H and O–H groups in total. The van der Waals surface area contributed by atoms with Crippen LogP contribution in [0.1, 0.15) is 62.8 Å². The second-order valence-corrected chi connectivity index (χ2v) is 12.3. The fraction of sp³-hybridized carbons (Fsp3) is 0.364. The van der Waals surface area contributed by atoms with Crippen molar-refractivity contribution in [3.05, 3.63) is 99.5 Å². The Labute approximate surface area is 269 Å². The van der Waals surface area contributed by atoms with Gasteiger partial charge in [-0.15, -0.1) is 0 Å². The zero-order valence-corrected chi connectivity index (χ0v) is 26.8. The Kier molecular flexibility index (Phi) is 11.3. The van der Waals surface area contributed by atoms with Crippen molar-refractivity contribution in [2.75, 3.05) is 13.2 Å². The first kappa shape index (κ1) is 34.0. The van der Waals surface area contributed by atoms with Gasteiger partial charge in [0.25, 0.3) is 5.91 Å². The summed E-state index contributed by atoms with van der Waals surface area (Å²) < 4.78 is 45.9. The molecule has 3 aromatic rings. The number of carbonyl (C=O) groups is 2. The third kappa shape index (κ3) is 8.86. The summed E-state index contributed by atoms with van der Waals surface area (Å²) >= 11 is 3.56. The number of carbonyl (C=O) groups excluding carboxylic acids is 2. The van der Waals surface area contributed by atoms with Gasteiger partial charge in [-0.2, -0.15) is 0 Å². The van der Waals surface area contributed by atoms with Crippen molar-refractivity contribution in [3.8, 4) is 5.75 Å². The minimum atomic E-state index is -1.67. The Balaban J connectivity index is 1.69. The number of aliphatic hydroxyl groups excluding tert-OH is 1. The largest absolute Gasteiger partial charge is 0.494 e. The molecule has 0 saturated carbocycles. The number of amides is 1. The van der Waals surface area contributed by atoms with E-state index in [1.807, 2.05) is 6.07 Å². The minimum absolute atomic E-state index is 0.0142. The molecule has 12 heteroatoms. The van der Waals surface area contributed by atoms with E-state index in [0.717, 1.165) is 12.1 Å². The van der Waals surface area contributed by atoms with Gasteiger partial charge in [0.2, 0.25) is 5.90 Å². The molecule has 0 unspecified atom stereocenters. The molecule has 0 aromatic heterocycles. The maximum absolute atomic E-state index is 14.3. The molecule has 0 spiro atoms. The first-order valence-electron chi connectivity index (χ1n) is 14.5. The third-order valence-corrected chi connectivity index (χ3v) is 7.57. The highest BCUT2D eigenvalue weighted by Crippen LogP contribution is 2.45. The predicted molar refractivity (Wildman–Crippen MR) is 167 cm³/mol. The first-order chi connectivity index (χ1) is 21.4. The molecule has 0 fully saturated rings. The van der Waals surface area contributed by atoms with E-state index in [1.54, 1.807) is 63.2 Å². The van der Waals surface area contributed by atoms with Crippen LogP contribution in [0.2, 0.25) is 0 Å². The molecule has 1 aliphatic heterocycles. The van der Waals surface area contributed by atoms with Gasteiger partial charge in [-0.25, -0.2) is 19.2 Å². The molecule has 0 bridgehead atoms. The van der Waals surface area contributed by atoms with Gasteiger partial charge < -0.3 is 19.3 Å². The topological polar surface area (TPSA) is 118 Å². The molecule has 1 heterocycles. The summed E-state index contributed by atoms with van der Waals surface area (Å²) in [6.45, 7) is 5.47. The van der Waals surface area contributed by atoms with E-state index in [1.165, 1.54) is 6.07 Å². The lowest BCUT2D eigenvalue weighted by Crippen LogP contribution is -2.52. The number of aliphatic imine (C=N–C) groups is 1. The summed E-state index contributed by atoms with van der Waals surface area (Å²) in [5.74, 6) is -1.88. The van der Waals surface area contributed by atoms with Gasteiger partial charge in [0.15, 0.2) is 11.6 Å². The molecule has 4 rings (SSSR count). The van der Waals surface area contributed by atoms with Gasteiger partial charge >= 0.3 is 5.97 Å². The normalized spacial score (nSPS) is 17.8. The van der Waals surface area contributed by atoms with Crippen LogP contribution in [0.25, 0.3) is 0 Å². The number of ether oxygens (including phenoxy) is 3. The minimum Gasteiger partial charge on any atom is -0.494 e. The molecule has 45 heavy (non-hydrogen) atoms. The number of nitrogens with one attached hydrogen (secondary N) is 2. The number of rotatable bonds is 13. The van der Waals surface area contributed by atoms with Crippen molar-refractivity contribution in [3.63, 3.8) is 0 Å². The molecule has 240 valence electrons. The Hall–Kier alpha value is -3.87. The molecular formula is C33H36BrF2N3O6. The fourth-order valence-electron chi connectivity index (χ4n) is 4.71. The molecule has 2 atom stereocenters. The van der Waals surface area contributed by atoms with Gasteiger partial charge in [0.05, 0.1) is 6.61 Å². The van der Waals surface area contributed by atoms with Crippen LogP contribution >= 0.6 is 15.9 Å². The summed E-state index contributed by atoms with van der Waals surface area (Å²) in [4.78, 5) is 31.9. The maximum Gasteiger partial charge on any atom is 0.306 e. The van der Waals surface area contributed by atoms with E-state index in [-0.39, 0.29) is 37.5 Å². The van der Waals surface area contributed by atoms with E-state index in [4.69, 9.17) is 24.3 Å². The molecule has 1 aliphatic rings. The van der Waals surface area contributed by atoms with E-state index >= 15 is 0 Å². The van der Waals surface area contributed by atoms with Crippen molar-refractivity contribution in [2.24, 2.45) is 4.99 Å². The lowest BCUT2D eigenvalue weighted by molar-refractivity contribution is -0.155. The average Bonchev–Trinajstić information content (AvgIpc) is 3.38. The highest BCUT2D eigenvalue weighted by atomic mass is 79.9. The quantitative estimate of drug-likeness (QED) is 0.120. The monoisotopic (exact) mass is 687 g/mol. The molecule has 0 saturated heterocycles. The molecule has 1 amide bonds. The second kappa shape index (κ2) is 14.9. The van der Waals surface area contributed by atoms with Crippen LogP contribution in [-0.4, -0.2) is 47.2 Å². The number of aliphatic hydroxyl groups is 1. The number of hydrogen-bond acceptors (Lipinski definition) is 8. The fourth-order valence-corrected chi connectivity index (χ4v) is 5.21. The lowest BCUT2D eigenvalue weighted by atomic mass is 9.83. The first-order valence-corrected chi connectivity index (χ1v) is 15.3. The highest BCUT2D eigenvalue weighted by Gasteiger charge is 2.54. The SMILES string of the molecule is CC(C)(C)OC(=O)CC[C@]1(C(=O)NNCc2ccc(F)cc2F)N=C(c2ccc(OCCCO)cc2)O[C@H]1c1ccccc1Br. The zero-order valence-electron chi connectivity index (χ0n) is 25.2. The number of hydrogen-bond donors (Lipinski definition) is 3. The Bertz CT molecular complexity index is 1530. The lowest BCUT2D eigenvalue weighted by Gasteiger charge is -2.31. The third-order valence-electron chi connectivity index (χ3n) is 6.84. The van der Waals surface area contributed by atoms with Crippen molar-refractivity contribution < 1.29 is 37.7 Å². The predicted octanol–water partition coefficient (Wildman–Crippen LogP) is 5.69. The summed E-state index contributed by atoms with van der Waals surface area (Å²) in [7, 11) is 0. The summed E-state index contributed by atoms with van der Waals surface area (Å²) in [5, 5.41) is 9.02. The van der Waals surface area contributed by atoms with Crippen LogP contribution in [-0.2, 0) is 25.6 Å². The smallest absolute Gasteiger partial charge is 0.306 e. The number of halogens is 3. The van der Waals surface area contributed by atoms with Crippen LogP contribution in [0.5, 0.6) is 5.75 Å². The molecule has 0 aliphatic carbocycles. The van der Waals surface area contributed by atoms with Gasteiger partial charge in [0.1, 0.15) is 23.0 Å². The molecule has 3 aromatic carbocycles. The maximum atomic E-state index is 14.3. The van der Waals surface area contributed by atoms with Gasteiger partial charge in [-0.05, 0) is 63.6 Å². The van der Waals surface area contributed by atoms with Gasteiger partial charge in [0, 0.05) is 53.2 Å². The highest BCUT2D eigenvalue weighted by molar-refractivity contribution is 9.10. The molecule has 0 radical (unpaired) electrons. The molecule has 9 nitrogen and oxygen atoms in total. The van der Waals surface area contributed by atoms with Crippen LogP contribution < -0.4 is 15.6 Å². The van der Waals surface area contributed by atoms with E-state index in [0.29, 0.717) is 34.4 Å². The Morgan fingerprint density at radius 1 is 1.09 bits per heavy atom. The average molecular weight is 689 g/mol. The molecular weight excluding hydrogens is 652 g/mol. The zero-order chi connectivity index (χ0) is 32.6. The number of hydrazine groups is 1. The summed E-state index contributed by atoms with van der Waals surface area (Å²) in [6, 6.07) is 17.3. The van der Waals surface area contributed by atoms with Crippen LogP contribution in [0.3, 0.4) is 0 Å². The number of esters is 1. The van der Waals surface area contributed by atoms with Crippen molar-refractivity contribution in [2.45, 2.75) is 63.8 Å². The van der Waals surface area contributed by atoms with Crippen LogP contribution in [0, 0.1) is 11.6 Å². The van der Waals surface area contributed by atoms with E-state index in [9.17, 15) is 18.4 Å². The van der Waals surface area contributed by atoms with Crippen molar-refractivity contribution in [1.82, 2.24) is 10.9 Å². The summed E-state index contributed by atoms with van der Waals surface area (Å²) in [6.07, 6.45) is -0.730. The van der Waals surface area contributed by atoms with Gasteiger partial charge in [-0.3, -0.25) is 15.0 Å². The van der Waals surface area contributed by atoms with Crippen LogP contribution in [0.4, 0.5) is 8.78 Å². The van der Waals surface area contributed by atoms with Crippen molar-refractivity contribution >= 4 is 33.7 Å². The Morgan fingerprint density at radius 2 is 1.82 bits per heavy atom.